The van der Waals surface area contributed by atoms with Crippen LogP contribution in [0.25, 0.3) is 44.5 Å². The molecular formula is C32H33N7O. The summed E-state index contributed by atoms with van der Waals surface area (Å²) in [6.07, 6.45) is 7.00. The summed E-state index contributed by atoms with van der Waals surface area (Å²) < 4.78 is 1.79. The summed E-state index contributed by atoms with van der Waals surface area (Å²) in [6.45, 7) is 9.77. The molecule has 202 valence electrons. The zero-order valence-electron chi connectivity index (χ0n) is 23.1. The summed E-state index contributed by atoms with van der Waals surface area (Å²) in [4.78, 5) is 25.4. The minimum atomic E-state index is -0.237. The molecule has 1 aliphatic rings. The van der Waals surface area contributed by atoms with E-state index in [9.17, 15) is 4.79 Å². The molecule has 6 rings (SSSR count). The Morgan fingerprint density at radius 3 is 2.40 bits per heavy atom. The van der Waals surface area contributed by atoms with E-state index < -0.39 is 0 Å². The predicted octanol–water partition coefficient (Wildman–Crippen LogP) is 5.48. The van der Waals surface area contributed by atoms with Crippen molar-refractivity contribution in [2.24, 2.45) is 7.05 Å². The third-order valence-electron chi connectivity index (χ3n) is 7.68. The van der Waals surface area contributed by atoms with Crippen molar-refractivity contribution >= 4 is 28.3 Å². The molecule has 0 aliphatic carbocycles. The van der Waals surface area contributed by atoms with E-state index in [4.69, 9.17) is 4.98 Å². The first-order valence-corrected chi connectivity index (χ1v) is 13.5. The number of piperazine rings is 1. The van der Waals surface area contributed by atoms with Crippen LogP contribution in [0, 0.1) is 6.92 Å². The second kappa shape index (κ2) is 10.5. The number of anilines is 2. The molecule has 2 aromatic carbocycles. The highest BCUT2D eigenvalue weighted by atomic mass is 16.1. The number of hydrogen-bond acceptors (Lipinski definition) is 5. The maximum absolute atomic E-state index is 12.2. The summed E-state index contributed by atoms with van der Waals surface area (Å²) in [5.74, 6) is -0.237. The van der Waals surface area contributed by atoms with Crippen molar-refractivity contribution in [3.05, 3.63) is 85.3 Å². The third-order valence-corrected chi connectivity index (χ3v) is 7.68. The Hall–Kier alpha value is -4.69. The van der Waals surface area contributed by atoms with Gasteiger partial charge in [0.25, 0.3) is 0 Å². The molecule has 1 saturated heterocycles. The van der Waals surface area contributed by atoms with Gasteiger partial charge in [-0.25, -0.2) is 4.98 Å². The number of H-pyrrole nitrogens is 1. The Balaban J connectivity index is 1.48. The van der Waals surface area contributed by atoms with Crippen molar-refractivity contribution in [3.63, 3.8) is 0 Å². The number of aromatic amines is 1. The number of nitrogens with one attached hydrogen (secondary N) is 2. The highest BCUT2D eigenvalue weighted by Gasteiger charge is 2.20. The molecule has 4 heterocycles. The van der Waals surface area contributed by atoms with Crippen molar-refractivity contribution in [1.29, 1.82) is 0 Å². The van der Waals surface area contributed by atoms with Gasteiger partial charge in [0, 0.05) is 79.1 Å². The lowest BCUT2D eigenvalue weighted by atomic mass is 9.96. The molecule has 2 N–H and O–H groups in total. The van der Waals surface area contributed by atoms with E-state index in [1.54, 1.807) is 4.68 Å². The number of nitrogens with zero attached hydrogens (tertiary/aromatic N) is 5. The van der Waals surface area contributed by atoms with Crippen LogP contribution in [-0.4, -0.2) is 63.8 Å². The zero-order chi connectivity index (χ0) is 27.8. The molecular weight excluding hydrogens is 498 g/mol. The molecule has 8 heteroatoms. The lowest BCUT2D eigenvalue weighted by molar-refractivity contribution is -0.111. The predicted molar refractivity (Wildman–Crippen MR) is 162 cm³/mol. The zero-order valence-corrected chi connectivity index (χ0v) is 23.1. The lowest BCUT2D eigenvalue weighted by Crippen LogP contribution is -2.44. The molecule has 0 bridgehead atoms. The second-order valence-corrected chi connectivity index (χ2v) is 10.5. The number of carbonyl (C=O) groups excluding carboxylic acids is 1. The molecule has 0 unspecified atom stereocenters. The van der Waals surface area contributed by atoms with Crippen LogP contribution in [0.2, 0.25) is 0 Å². The molecule has 0 spiro atoms. The summed E-state index contributed by atoms with van der Waals surface area (Å²) in [5, 5.41) is 8.30. The topological polar surface area (TPSA) is 82.1 Å². The van der Waals surface area contributed by atoms with E-state index in [2.05, 4.69) is 75.2 Å². The standard InChI is InChI=1S/C32H33N7O/c1-5-29(40)35-28-17-23(7-6-21(28)2)30-27-16-24(25-19-34-38(4)20-25)18-33-32(27)36-31(30)22-8-10-26(11-9-22)39-14-12-37(3)13-15-39/h5-11,16-20H,1,12-15H2,2-4H3,(H,33,36)(H,35,40). The number of aryl methyl sites for hydroxylation is 2. The van der Waals surface area contributed by atoms with Crippen LogP contribution in [0.4, 0.5) is 11.4 Å². The van der Waals surface area contributed by atoms with Crippen molar-refractivity contribution in [2.45, 2.75) is 6.92 Å². The quantitative estimate of drug-likeness (QED) is 0.284. The SMILES string of the molecule is C=CC(=O)Nc1cc(-c2c(-c3ccc(N4CCN(C)CC4)cc3)[nH]c3ncc(-c4cnn(C)c4)cc23)ccc1C. The molecule has 1 aliphatic heterocycles. The fourth-order valence-electron chi connectivity index (χ4n) is 5.31. The number of hydrogen-bond donors (Lipinski definition) is 2. The average molecular weight is 532 g/mol. The maximum atomic E-state index is 12.2. The van der Waals surface area contributed by atoms with E-state index in [0.29, 0.717) is 0 Å². The Labute approximate surface area is 234 Å². The van der Waals surface area contributed by atoms with E-state index in [-0.39, 0.29) is 5.91 Å². The summed E-state index contributed by atoms with van der Waals surface area (Å²) in [7, 11) is 4.08. The molecule has 5 aromatic rings. The molecule has 3 aromatic heterocycles. The van der Waals surface area contributed by atoms with Gasteiger partial charge in [0.1, 0.15) is 5.65 Å². The number of carbonyl (C=O) groups is 1. The Morgan fingerprint density at radius 2 is 1.70 bits per heavy atom. The van der Waals surface area contributed by atoms with Crippen molar-refractivity contribution in [2.75, 3.05) is 43.4 Å². The van der Waals surface area contributed by atoms with Gasteiger partial charge in [0.2, 0.25) is 5.91 Å². The van der Waals surface area contributed by atoms with Crippen LogP contribution >= 0.6 is 0 Å². The van der Waals surface area contributed by atoms with Gasteiger partial charge in [-0.05, 0) is 61.0 Å². The van der Waals surface area contributed by atoms with Gasteiger partial charge in [-0.1, -0.05) is 30.8 Å². The second-order valence-electron chi connectivity index (χ2n) is 10.5. The van der Waals surface area contributed by atoms with Crippen LogP contribution in [0.1, 0.15) is 5.56 Å². The van der Waals surface area contributed by atoms with Crippen LogP contribution in [-0.2, 0) is 11.8 Å². The minimum Gasteiger partial charge on any atom is -0.369 e. The molecule has 1 fully saturated rings. The maximum Gasteiger partial charge on any atom is 0.247 e. The number of fused-ring (bicyclic) bond motifs is 1. The molecule has 0 atom stereocenters. The van der Waals surface area contributed by atoms with Crippen molar-refractivity contribution < 1.29 is 4.79 Å². The van der Waals surface area contributed by atoms with E-state index >= 15 is 0 Å². The monoisotopic (exact) mass is 531 g/mol. The number of amides is 1. The van der Waals surface area contributed by atoms with E-state index in [1.165, 1.54) is 11.8 Å². The fourth-order valence-corrected chi connectivity index (χ4v) is 5.31. The summed E-state index contributed by atoms with van der Waals surface area (Å²) in [5.41, 5.74) is 9.85. The largest absolute Gasteiger partial charge is 0.369 e. The van der Waals surface area contributed by atoms with Gasteiger partial charge in [0.05, 0.1) is 11.9 Å². The first-order valence-electron chi connectivity index (χ1n) is 13.5. The Bertz CT molecular complexity index is 1710. The Morgan fingerprint density at radius 1 is 0.950 bits per heavy atom. The minimum absolute atomic E-state index is 0.237. The van der Waals surface area contributed by atoms with Crippen molar-refractivity contribution in [3.8, 4) is 33.5 Å². The van der Waals surface area contributed by atoms with E-state index in [0.717, 1.165) is 82.0 Å². The normalized spacial score (nSPS) is 14.0. The third kappa shape index (κ3) is 4.89. The van der Waals surface area contributed by atoms with Gasteiger partial charge >= 0.3 is 0 Å². The fraction of sp³-hybridized carbons (Fsp3) is 0.219. The number of pyridine rings is 1. The van der Waals surface area contributed by atoms with Crippen LogP contribution in [0.15, 0.2) is 79.8 Å². The summed E-state index contributed by atoms with van der Waals surface area (Å²) >= 11 is 0. The smallest absolute Gasteiger partial charge is 0.247 e. The van der Waals surface area contributed by atoms with Crippen LogP contribution in [0.3, 0.4) is 0 Å². The number of likely N-dealkylation sites (N-methyl/N-ethyl adjacent to an activating group) is 1. The molecule has 0 radical (unpaired) electrons. The van der Waals surface area contributed by atoms with Gasteiger partial charge < -0.3 is 20.1 Å². The number of rotatable bonds is 6. The molecule has 40 heavy (non-hydrogen) atoms. The Kier molecular flexibility index (Phi) is 6.69. The number of aromatic nitrogens is 4. The molecule has 8 nitrogen and oxygen atoms in total. The molecule has 0 saturated carbocycles. The van der Waals surface area contributed by atoms with Gasteiger partial charge in [-0.15, -0.1) is 0 Å². The van der Waals surface area contributed by atoms with Crippen molar-refractivity contribution in [1.82, 2.24) is 24.6 Å². The van der Waals surface area contributed by atoms with Crippen LogP contribution in [0.5, 0.6) is 0 Å². The van der Waals surface area contributed by atoms with Crippen LogP contribution < -0.4 is 10.2 Å². The van der Waals surface area contributed by atoms with Gasteiger partial charge in [0.15, 0.2) is 0 Å². The average Bonchev–Trinajstić information content (AvgIpc) is 3.58. The van der Waals surface area contributed by atoms with Gasteiger partial charge in [-0.2, -0.15) is 5.10 Å². The highest BCUT2D eigenvalue weighted by Crippen LogP contribution is 2.40. The lowest BCUT2D eigenvalue weighted by Gasteiger charge is -2.34. The first-order chi connectivity index (χ1) is 19.4. The van der Waals surface area contributed by atoms with Gasteiger partial charge in [-0.3, -0.25) is 9.48 Å². The van der Waals surface area contributed by atoms with E-state index in [1.807, 2.05) is 44.7 Å². The first kappa shape index (κ1) is 25.6. The summed E-state index contributed by atoms with van der Waals surface area (Å²) in [6, 6.07) is 17.1. The molecule has 1 amide bonds. The number of benzene rings is 2. The highest BCUT2D eigenvalue weighted by molar-refractivity contribution is 6.05.